The van der Waals surface area contributed by atoms with Gasteiger partial charge in [0.15, 0.2) is 0 Å². The number of benzene rings is 6. The van der Waals surface area contributed by atoms with Gasteiger partial charge in [-0.2, -0.15) is 0 Å². The molecule has 0 aliphatic carbocycles. The van der Waals surface area contributed by atoms with Gasteiger partial charge in [-0.3, -0.25) is 0 Å². The van der Waals surface area contributed by atoms with E-state index >= 15 is 0 Å². The molecule has 3 aromatic heterocycles. The second-order valence-corrected chi connectivity index (χ2v) is 9.79. The molecule has 0 radical (unpaired) electrons. The van der Waals surface area contributed by atoms with Crippen molar-refractivity contribution >= 4 is 76.5 Å². The predicted molar refractivity (Wildman–Crippen MR) is 153 cm³/mol. The Bertz CT molecular complexity index is 2360. The van der Waals surface area contributed by atoms with Crippen molar-refractivity contribution in [2.24, 2.45) is 0 Å². The Morgan fingerprint density at radius 1 is 0.378 bits per heavy atom. The van der Waals surface area contributed by atoms with Gasteiger partial charge in [0.05, 0.1) is 11.0 Å². The molecule has 3 heteroatoms. The SMILES string of the molecule is c1ccc2cc3c(cc2c1)c1cc2oc4ccccc4c2cc1n3-c1ccc2oc3ccccc3c2c1. The standard InChI is InChI=1S/C34H19NO2/c1-2-8-21-16-29-25(15-20(21)7-1)26-19-34-28(24-10-4-6-12-32(24)37-34)18-30(26)35(29)22-13-14-33-27(17-22)23-9-3-5-11-31(23)36-33/h1-19H. The van der Waals surface area contributed by atoms with Crippen molar-refractivity contribution in [3.63, 3.8) is 0 Å². The molecule has 0 saturated heterocycles. The Morgan fingerprint density at radius 3 is 1.73 bits per heavy atom. The zero-order valence-electron chi connectivity index (χ0n) is 19.7. The second-order valence-electron chi connectivity index (χ2n) is 9.79. The number of fused-ring (bicyclic) bond motifs is 10. The first-order valence-corrected chi connectivity index (χ1v) is 12.5. The van der Waals surface area contributed by atoms with E-state index in [4.69, 9.17) is 8.83 Å². The van der Waals surface area contributed by atoms with E-state index in [-0.39, 0.29) is 0 Å². The third-order valence-corrected chi connectivity index (χ3v) is 7.75. The summed E-state index contributed by atoms with van der Waals surface area (Å²) >= 11 is 0. The van der Waals surface area contributed by atoms with Crippen LogP contribution in [-0.4, -0.2) is 4.57 Å². The molecule has 172 valence electrons. The van der Waals surface area contributed by atoms with Crippen LogP contribution in [0.3, 0.4) is 0 Å². The summed E-state index contributed by atoms with van der Waals surface area (Å²) in [5.74, 6) is 0. The lowest BCUT2D eigenvalue weighted by atomic mass is 10.1. The van der Waals surface area contributed by atoms with Crippen molar-refractivity contribution in [2.45, 2.75) is 0 Å². The Morgan fingerprint density at radius 2 is 0.946 bits per heavy atom. The van der Waals surface area contributed by atoms with Crippen LogP contribution in [0.15, 0.2) is 124 Å². The van der Waals surface area contributed by atoms with E-state index in [1.807, 2.05) is 24.3 Å². The average Bonchev–Trinajstić information content (AvgIpc) is 3.59. The van der Waals surface area contributed by atoms with Crippen molar-refractivity contribution in [1.82, 2.24) is 4.57 Å². The Balaban J connectivity index is 1.47. The first-order valence-electron chi connectivity index (χ1n) is 12.5. The Labute approximate surface area is 210 Å². The molecular formula is C34H19NO2. The van der Waals surface area contributed by atoms with Crippen LogP contribution in [0.2, 0.25) is 0 Å². The van der Waals surface area contributed by atoms with Gasteiger partial charge >= 0.3 is 0 Å². The van der Waals surface area contributed by atoms with Crippen molar-refractivity contribution in [3.05, 3.63) is 115 Å². The van der Waals surface area contributed by atoms with Gasteiger partial charge in [-0.05, 0) is 65.4 Å². The molecule has 3 nitrogen and oxygen atoms in total. The zero-order chi connectivity index (χ0) is 24.1. The Kier molecular flexibility index (Phi) is 3.53. The highest BCUT2D eigenvalue weighted by Crippen LogP contribution is 2.40. The summed E-state index contributed by atoms with van der Waals surface area (Å²) < 4.78 is 14.8. The van der Waals surface area contributed by atoms with Crippen LogP contribution >= 0.6 is 0 Å². The van der Waals surface area contributed by atoms with E-state index in [1.54, 1.807) is 0 Å². The molecule has 0 atom stereocenters. The third-order valence-electron chi connectivity index (χ3n) is 7.75. The van der Waals surface area contributed by atoms with Gasteiger partial charge < -0.3 is 13.4 Å². The zero-order valence-corrected chi connectivity index (χ0v) is 19.7. The van der Waals surface area contributed by atoms with Crippen molar-refractivity contribution in [2.75, 3.05) is 0 Å². The minimum atomic E-state index is 0.902. The van der Waals surface area contributed by atoms with E-state index in [9.17, 15) is 0 Å². The second kappa shape index (κ2) is 6.80. The number of hydrogen-bond acceptors (Lipinski definition) is 2. The quantitative estimate of drug-likeness (QED) is 0.238. The molecule has 0 aliphatic heterocycles. The highest BCUT2D eigenvalue weighted by molar-refractivity contribution is 6.19. The molecular weight excluding hydrogens is 454 g/mol. The van der Waals surface area contributed by atoms with Gasteiger partial charge in [0.1, 0.15) is 22.3 Å². The van der Waals surface area contributed by atoms with E-state index in [0.717, 1.165) is 55.1 Å². The molecule has 6 aromatic carbocycles. The molecule has 0 spiro atoms. The predicted octanol–water partition coefficient (Wildman–Crippen LogP) is 9.74. The maximum Gasteiger partial charge on any atom is 0.136 e. The van der Waals surface area contributed by atoms with Gasteiger partial charge in [0.25, 0.3) is 0 Å². The van der Waals surface area contributed by atoms with Crippen LogP contribution in [0.1, 0.15) is 0 Å². The van der Waals surface area contributed by atoms with E-state index < -0.39 is 0 Å². The lowest BCUT2D eigenvalue weighted by molar-refractivity contribution is 0.668. The van der Waals surface area contributed by atoms with Crippen LogP contribution < -0.4 is 0 Å². The summed E-state index contributed by atoms with van der Waals surface area (Å²) in [5, 5.41) is 9.38. The van der Waals surface area contributed by atoms with Crippen LogP contribution in [0, 0.1) is 0 Å². The number of rotatable bonds is 1. The number of furan rings is 2. The fourth-order valence-electron chi connectivity index (χ4n) is 6.05. The van der Waals surface area contributed by atoms with Crippen LogP contribution in [0.25, 0.3) is 82.1 Å². The summed E-state index contributed by atoms with van der Waals surface area (Å²) in [6, 6.07) is 40.7. The van der Waals surface area contributed by atoms with E-state index in [0.29, 0.717) is 0 Å². The highest BCUT2D eigenvalue weighted by Gasteiger charge is 2.18. The molecule has 9 aromatic rings. The summed E-state index contributed by atoms with van der Waals surface area (Å²) in [4.78, 5) is 0. The molecule has 0 saturated carbocycles. The molecule has 0 N–H and O–H groups in total. The first kappa shape index (κ1) is 19.2. The normalized spacial score (nSPS) is 12.3. The van der Waals surface area contributed by atoms with Crippen LogP contribution in [0.4, 0.5) is 0 Å². The van der Waals surface area contributed by atoms with Crippen molar-refractivity contribution in [3.8, 4) is 5.69 Å². The number of para-hydroxylation sites is 2. The van der Waals surface area contributed by atoms with Gasteiger partial charge in [-0.15, -0.1) is 0 Å². The minimum Gasteiger partial charge on any atom is -0.456 e. The molecule has 9 rings (SSSR count). The van der Waals surface area contributed by atoms with Gasteiger partial charge in [0.2, 0.25) is 0 Å². The number of aromatic nitrogens is 1. The largest absolute Gasteiger partial charge is 0.456 e. The van der Waals surface area contributed by atoms with Gasteiger partial charge in [-0.1, -0.05) is 60.7 Å². The fraction of sp³-hybridized carbons (Fsp3) is 0. The van der Waals surface area contributed by atoms with Gasteiger partial charge in [-0.25, -0.2) is 0 Å². The number of nitrogens with zero attached hydrogens (tertiary/aromatic N) is 1. The van der Waals surface area contributed by atoms with Crippen molar-refractivity contribution < 1.29 is 8.83 Å². The molecule has 0 bridgehead atoms. The monoisotopic (exact) mass is 473 g/mol. The van der Waals surface area contributed by atoms with Crippen LogP contribution in [0.5, 0.6) is 0 Å². The molecule has 0 unspecified atom stereocenters. The van der Waals surface area contributed by atoms with Gasteiger partial charge in [0, 0.05) is 38.0 Å². The van der Waals surface area contributed by atoms with Crippen molar-refractivity contribution in [1.29, 1.82) is 0 Å². The van der Waals surface area contributed by atoms with Crippen LogP contribution in [-0.2, 0) is 0 Å². The number of hydrogen-bond donors (Lipinski definition) is 0. The molecule has 0 aliphatic rings. The molecule has 3 heterocycles. The molecule has 0 fully saturated rings. The Hall–Kier alpha value is -5.02. The fourth-order valence-corrected chi connectivity index (χ4v) is 6.05. The lowest BCUT2D eigenvalue weighted by Gasteiger charge is -2.09. The summed E-state index contributed by atoms with van der Waals surface area (Å²) in [6.45, 7) is 0. The topological polar surface area (TPSA) is 31.2 Å². The third kappa shape index (κ3) is 2.55. The summed E-state index contributed by atoms with van der Waals surface area (Å²) in [7, 11) is 0. The molecule has 37 heavy (non-hydrogen) atoms. The minimum absolute atomic E-state index is 0.902. The summed E-state index contributed by atoms with van der Waals surface area (Å²) in [6.07, 6.45) is 0. The first-order chi connectivity index (χ1) is 18.3. The van der Waals surface area contributed by atoms with E-state index in [1.165, 1.54) is 27.1 Å². The molecule has 0 amide bonds. The smallest absolute Gasteiger partial charge is 0.136 e. The maximum atomic E-state index is 6.29. The average molecular weight is 474 g/mol. The van der Waals surface area contributed by atoms with E-state index in [2.05, 4.69) is 95.6 Å². The summed E-state index contributed by atoms with van der Waals surface area (Å²) in [5.41, 5.74) is 7.10. The highest BCUT2D eigenvalue weighted by atomic mass is 16.3. The maximum absolute atomic E-state index is 6.29. The lowest BCUT2D eigenvalue weighted by Crippen LogP contribution is -1.93.